The van der Waals surface area contributed by atoms with Crippen molar-refractivity contribution >= 4 is 45.9 Å². The number of piperidine rings is 1. The van der Waals surface area contributed by atoms with Crippen LogP contribution in [0.5, 0.6) is 5.75 Å². The molecule has 2 saturated heterocycles. The van der Waals surface area contributed by atoms with Gasteiger partial charge in [0, 0.05) is 29.8 Å². The van der Waals surface area contributed by atoms with Crippen molar-refractivity contribution in [2.45, 2.75) is 62.6 Å². The molecule has 3 heterocycles. The largest absolute Gasteiger partial charge is 0.495 e. The lowest BCUT2D eigenvalue weighted by Gasteiger charge is -2.59. The Morgan fingerprint density at radius 3 is 2.68 bits per heavy atom. The standard InChI is InChI=1S/C25H32N2O5S2/c1-15(28)27-18-9-11-24(20(21(29)31-3)32-23(33)34-4)10-6-13-26-14-12-25(18,22(24)26)16-7-5-8-17(30-2)19(16)27/h5,7-8,18,20,22H,6,9-14H2,1-4H3. The number of carbonyl (C=O) groups excluding carboxylic acids is 2. The number of thioether (sulfide) groups is 1. The number of amides is 1. The predicted molar refractivity (Wildman–Crippen MR) is 136 cm³/mol. The number of esters is 1. The summed E-state index contributed by atoms with van der Waals surface area (Å²) in [4.78, 5) is 30.8. The fourth-order valence-electron chi connectivity index (χ4n) is 7.78. The van der Waals surface area contributed by atoms with Crippen LogP contribution in [0.1, 0.15) is 44.6 Å². The molecule has 7 nitrogen and oxygen atoms in total. The summed E-state index contributed by atoms with van der Waals surface area (Å²) in [6.45, 7) is 3.54. The van der Waals surface area contributed by atoms with Crippen molar-refractivity contribution in [2.24, 2.45) is 5.41 Å². The van der Waals surface area contributed by atoms with Crippen LogP contribution in [0.25, 0.3) is 0 Å². The Balaban J connectivity index is 1.72. The minimum atomic E-state index is -0.776. The highest BCUT2D eigenvalue weighted by molar-refractivity contribution is 8.22. The number of ether oxygens (including phenoxy) is 3. The first-order valence-corrected chi connectivity index (χ1v) is 13.5. The van der Waals surface area contributed by atoms with Crippen LogP contribution in [0.15, 0.2) is 18.2 Å². The summed E-state index contributed by atoms with van der Waals surface area (Å²) in [7, 11) is 3.07. The van der Waals surface area contributed by atoms with Crippen molar-refractivity contribution in [1.82, 2.24) is 4.90 Å². The average Bonchev–Trinajstić information content (AvgIpc) is 3.39. The number of anilines is 1. The number of hydrogen-bond acceptors (Lipinski definition) is 8. The highest BCUT2D eigenvalue weighted by atomic mass is 32.2. The van der Waals surface area contributed by atoms with Gasteiger partial charge in [0.1, 0.15) is 5.75 Å². The predicted octanol–water partition coefficient (Wildman–Crippen LogP) is 3.52. The van der Waals surface area contributed by atoms with Gasteiger partial charge < -0.3 is 19.1 Å². The Morgan fingerprint density at radius 1 is 1.21 bits per heavy atom. The van der Waals surface area contributed by atoms with E-state index < -0.39 is 11.5 Å². The van der Waals surface area contributed by atoms with Crippen LogP contribution in [-0.4, -0.2) is 72.9 Å². The van der Waals surface area contributed by atoms with Gasteiger partial charge in [-0.3, -0.25) is 9.69 Å². The summed E-state index contributed by atoms with van der Waals surface area (Å²) >= 11 is 6.76. The zero-order valence-electron chi connectivity index (χ0n) is 20.2. The second-order valence-corrected chi connectivity index (χ2v) is 11.2. The number of hydrogen-bond donors (Lipinski definition) is 0. The van der Waals surface area contributed by atoms with E-state index in [0.29, 0.717) is 4.38 Å². The monoisotopic (exact) mass is 504 g/mol. The van der Waals surface area contributed by atoms with E-state index in [0.717, 1.165) is 62.2 Å². The molecular formula is C25H32N2O5S2. The van der Waals surface area contributed by atoms with Crippen molar-refractivity contribution < 1.29 is 23.8 Å². The van der Waals surface area contributed by atoms with E-state index in [9.17, 15) is 9.59 Å². The number of rotatable bonds is 4. The molecule has 1 saturated carbocycles. The molecule has 1 aromatic rings. The third kappa shape index (κ3) is 3.09. The maximum atomic E-state index is 13.2. The number of methoxy groups -OCH3 is 2. The Bertz CT molecular complexity index is 1030. The van der Waals surface area contributed by atoms with Crippen LogP contribution in [0.4, 0.5) is 5.69 Å². The normalized spacial score (nSPS) is 32.3. The van der Waals surface area contributed by atoms with Crippen LogP contribution in [-0.2, 0) is 24.5 Å². The molecule has 5 unspecified atom stereocenters. The molecule has 0 bridgehead atoms. The maximum Gasteiger partial charge on any atom is 0.347 e. The van der Waals surface area contributed by atoms with Crippen LogP contribution in [0.3, 0.4) is 0 Å². The van der Waals surface area contributed by atoms with E-state index in [1.54, 1.807) is 14.0 Å². The number of nitrogens with zero attached hydrogens (tertiary/aromatic N) is 2. The summed E-state index contributed by atoms with van der Waals surface area (Å²) < 4.78 is 17.6. The molecule has 3 aliphatic heterocycles. The molecule has 1 aromatic carbocycles. The minimum Gasteiger partial charge on any atom is -0.495 e. The first-order valence-electron chi connectivity index (χ1n) is 11.9. The molecule has 5 atom stereocenters. The molecule has 0 radical (unpaired) electrons. The van der Waals surface area contributed by atoms with Crippen molar-refractivity contribution in [3.8, 4) is 5.75 Å². The summed E-state index contributed by atoms with van der Waals surface area (Å²) in [5.41, 5.74) is 1.29. The number of para-hydroxylation sites is 1. The number of carbonyl (C=O) groups is 2. The Hall–Kier alpha value is -1.84. The summed E-state index contributed by atoms with van der Waals surface area (Å²) in [6, 6.07) is 6.16. The molecule has 9 heteroatoms. The number of benzene rings is 1. The van der Waals surface area contributed by atoms with Gasteiger partial charge in [-0.15, -0.1) is 0 Å². The van der Waals surface area contributed by atoms with E-state index in [1.165, 1.54) is 18.9 Å². The second-order valence-electron chi connectivity index (χ2n) is 9.84. The van der Waals surface area contributed by atoms with Crippen molar-refractivity contribution in [1.29, 1.82) is 0 Å². The topological polar surface area (TPSA) is 68.3 Å². The maximum absolute atomic E-state index is 13.2. The van der Waals surface area contributed by atoms with Gasteiger partial charge in [-0.1, -0.05) is 23.9 Å². The summed E-state index contributed by atoms with van der Waals surface area (Å²) in [5.74, 6) is 0.380. The van der Waals surface area contributed by atoms with Crippen LogP contribution < -0.4 is 9.64 Å². The van der Waals surface area contributed by atoms with E-state index in [4.69, 9.17) is 26.4 Å². The van der Waals surface area contributed by atoms with Gasteiger partial charge >= 0.3 is 5.97 Å². The molecule has 1 aliphatic carbocycles. The average molecular weight is 505 g/mol. The van der Waals surface area contributed by atoms with Crippen LogP contribution >= 0.6 is 24.0 Å². The number of thiocarbonyl (C=S) groups is 1. The highest BCUT2D eigenvalue weighted by Gasteiger charge is 2.72. The zero-order valence-corrected chi connectivity index (χ0v) is 21.8. The Labute approximate surface area is 210 Å². The molecular weight excluding hydrogens is 472 g/mol. The van der Waals surface area contributed by atoms with Gasteiger partial charge in [0.2, 0.25) is 16.4 Å². The molecule has 0 N–H and O–H groups in total. The molecule has 5 rings (SSSR count). The van der Waals surface area contributed by atoms with Gasteiger partial charge in [0.25, 0.3) is 0 Å². The molecule has 3 fully saturated rings. The summed E-state index contributed by atoms with van der Waals surface area (Å²) in [5, 5.41) is 0. The quantitative estimate of drug-likeness (QED) is 0.456. The van der Waals surface area contributed by atoms with Gasteiger partial charge in [0.15, 0.2) is 0 Å². The van der Waals surface area contributed by atoms with Crippen LogP contribution in [0, 0.1) is 5.41 Å². The molecule has 34 heavy (non-hydrogen) atoms. The lowest BCUT2D eigenvalue weighted by Crippen LogP contribution is -2.69. The molecule has 0 aromatic heterocycles. The third-order valence-electron chi connectivity index (χ3n) is 8.71. The van der Waals surface area contributed by atoms with E-state index >= 15 is 0 Å². The fraction of sp³-hybridized carbons (Fsp3) is 0.640. The molecule has 4 aliphatic rings. The Kier molecular flexibility index (Phi) is 6.09. The van der Waals surface area contributed by atoms with Crippen molar-refractivity contribution in [2.75, 3.05) is 38.5 Å². The fourth-order valence-corrected chi connectivity index (χ4v) is 8.07. The highest BCUT2D eigenvalue weighted by Crippen LogP contribution is 2.67. The van der Waals surface area contributed by atoms with Gasteiger partial charge in [0.05, 0.1) is 19.9 Å². The van der Waals surface area contributed by atoms with E-state index in [-0.39, 0.29) is 29.4 Å². The second kappa shape index (κ2) is 8.68. The molecule has 1 amide bonds. The van der Waals surface area contributed by atoms with Crippen molar-refractivity contribution in [3.63, 3.8) is 0 Å². The van der Waals surface area contributed by atoms with E-state index in [1.807, 2.05) is 23.3 Å². The van der Waals surface area contributed by atoms with E-state index in [2.05, 4.69) is 11.0 Å². The Morgan fingerprint density at radius 2 is 2.00 bits per heavy atom. The van der Waals surface area contributed by atoms with Crippen LogP contribution in [0.2, 0.25) is 0 Å². The lowest BCUT2D eigenvalue weighted by molar-refractivity contribution is -0.169. The zero-order chi connectivity index (χ0) is 24.3. The summed E-state index contributed by atoms with van der Waals surface area (Å²) in [6.07, 6.45) is 5.40. The SMILES string of the molecule is COC(=O)C(OC(=S)SC)C12CCCN3CCC4(c5cccc(OC)c5N(C(C)=O)C4CC1)C32. The van der Waals surface area contributed by atoms with Crippen molar-refractivity contribution in [3.05, 3.63) is 23.8 Å². The lowest BCUT2D eigenvalue weighted by atomic mass is 9.51. The van der Waals surface area contributed by atoms with Gasteiger partial charge in [-0.05, 0) is 75.3 Å². The third-order valence-corrected chi connectivity index (χ3v) is 9.73. The molecule has 1 spiro atoms. The van der Waals surface area contributed by atoms with Gasteiger partial charge in [-0.2, -0.15) is 0 Å². The minimum absolute atomic E-state index is 0.0170. The van der Waals surface area contributed by atoms with Gasteiger partial charge in [-0.25, -0.2) is 4.79 Å². The smallest absolute Gasteiger partial charge is 0.347 e. The first kappa shape index (κ1) is 23.9. The molecule has 184 valence electrons. The number of fused-ring (bicyclic) bond motifs is 1. The first-order chi connectivity index (χ1) is 16.4.